The summed E-state index contributed by atoms with van der Waals surface area (Å²) in [5.41, 5.74) is 4.36. The fourth-order valence-corrected chi connectivity index (χ4v) is 2.84. The van der Waals surface area contributed by atoms with Crippen LogP contribution >= 0.6 is 0 Å². The molecule has 20 heavy (non-hydrogen) atoms. The summed E-state index contributed by atoms with van der Waals surface area (Å²) in [6, 6.07) is 12.4. The number of fused-ring (bicyclic) bond motifs is 1. The zero-order valence-corrected chi connectivity index (χ0v) is 11.1. The SMILES string of the molecule is c1ccc(-c2nc3ccc(C4CCNC4)cc3[nH]2)nc1. The van der Waals surface area contributed by atoms with Gasteiger partial charge in [0.15, 0.2) is 5.82 Å². The molecule has 4 heteroatoms. The van der Waals surface area contributed by atoms with Crippen LogP contribution in [0, 0.1) is 0 Å². The minimum Gasteiger partial charge on any atom is -0.337 e. The molecular formula is C16H16N4. The Bertz CT molecular complexity index is 727. The summed E-state index contributed by atoms with van der Waals surface area (Å²) in [6.45, 7) is 2.19. The highest BCUT2D eigenvalue weighted by atomic mass is 14.9. The van der Waals surface area contributed by atoms with Crippen molar-refractivity contribution in [1.82, 2.24) is 20.3 Å². The number of rotatable bonds is 2. The number of aromatic nitrogens is 3. The van der Waals surface area contributed by atoms with Gasteiger partial charge in [-0.25, -0.2) is 4.98 Å². The molecule has 0 radical (unpaired) electrons. The van der Waals surface area contributed by atoms with Crippen molar-refractivity contribution in [3.8, 4) is 11.5 Å². The van der Waals surface area contributed by atoms with E-state index >= 15 is 0 Å². The van der Waals surface area contributed by atoms with E-state index in [0.29, 0.717) is 5.92 Å². The van der Waals surface area contributed by atoms with Crippen LogP contribution in [0.15, 0.2) is 42.6 Å². The van der Waals surface area contributed by atoms with E-state index in [1.807, 2.05) is 18.2 Å². The molecule has 1 atom stereocenters. The van der Waals surface area contributed by atoms with Gasteiger partial charge < -0.3 is 10.3 Å². The van der Waals surface area contributed by atoms with Gasteiger partial charge in [0.25, 0.3) is 0 Å². The molecule has 0 spiro atoms. The largest absolute Gasteiger partial charge is 0.337 e. The number of nitrogens with zero attached hydrogens (tertiary/aromatic N) is 2. The van der Waals surface area contributed by atoms with Gasteiger partial charge >= 0.3 is 0 Å². The number of H-pyrrole nitrogens is 1. The fraction of sp³-hybridized carbons (Fsp3) is 0.250. The first-order valence-corrected chi connectivity index (χ1v) is 7.02. The Morgan fingerprint density at radius 1 is 1.15 bits per heavy atom. The van der Waals surface area contributed by atoms with Crippen molar-refractivity contribution in [3.05, 3.63) is 48.2 Å². The van der Waals surface area contributed by atoms with Gasteiger partial charge in [-0.3, -0.25) is 4.98 Å². The van der Waals surface area contributed by atoms with Crippen LogP contribution < -0.4 is 5.32 Å². The first-order valence-electron chi connectivity index (χ1n) is 7.02. The Kier molecular flexibility index (Phi) is 2.74. The lowest BCUT2D eigenvalue weighted by Gasteiger charge is -2.07. The Balaban J connectivity index is 1.76. The second-order valence-electron chi connectivity index (χ2n) is 5.27. The Labute approximate surface area is 117 Å². The van der Waals surface area contributed by atoms with Crippen molar-refractivity contribution in [2.45, 2.75) is 12.3 Å². The van der Waals surface area contributed by atoms with Gasteiger partial charge in [-0.05, 0) is 48.7 Å². The van der Waals surface area contributed by atoms with E-state index in [1.165, 1.54) is 12.0 Å². The lowest BCUT2D eigenvalue weighted by atomic mass is 9.98. The maximum absolute atomic E-state index is 4.62. The highest BCUT2D eigenvalue weighted by molar-refractivity contribution is 5.79. The van der Waals surface area contributed by atoms with Crippen molar-refractivity contribution < 1.29 is 0 Å². The zero-order valence-electron chi connectivity index (χ0n) is 11.1. The number of hydrogen-bond acceptors (Lipinski definition) is 3. The number of benzene rings is 1. The van der Waals surface area contributed by atoms with Gasteiger partial charge in [0.05, 0.1) is 11.0 Å². The summed E-state index contributed by atoms with van der Waals surface area (Å²) in [5.74, 6) is 1.46. The number of aromatic amines is 1. The molecule has 0 amide bonds. The normalized spacial score (nSPS) is 18.7. The van der Waals surface area contributed by atoms with Crippen LogP contribution in [0.5, 0.6) is 0 Å². The van der Waals surface area contributed by atoms with E-state index in [2.05, 4.69) is 38.5 Å². The van der Waals surface area contributed by atoms with Crippen LogP contribution in [0.4, 0.5) is 0 Å². The van der Waals surface area contributed by atoms with Crippen LogP contribution in [-0.2, 0) is 0 Å². The predicted octanol–water partition coefficient (Wildman–Crippen LogP) is 2.70. The van der Waals surface area contributed by atoms with Crippen molar-refractivity contribution in [2.75, 3.05) is 13.1 Å². The summed E-state index contributed by atoms with van der Waals surface area (Å²) < 4.78 is 0. The molecule has 4 nitrogen and oxygen atoms in total. The molecule has 0 bridgehead atoms. The number of hydrogen-bond donors (Lipinski definition) is 2. The monoisotopic (exact) mass is 264 g/mol. The quantitative estimate of drug-likeness (QED) is 0.748. The third kappa shape index (κ3) is 1.98. The van der Waals surface area contributed by atoms with Crippen molar-refractivity contribution in [2.24, 2.45) is 0 Å². The number of pyridine rings is 1. The van der Waals surface area contributed by atoms with E-state index in [4.69, 9.17) is 0 Å². The fourth-order valence-electron chi connectivity index (χ4n) is 2.84. The van der Waals surface area contributed by atoms with Gasteiger partial charge in [0, 0.05) is 12.7 Å². The summed E-state index contributed by atoms with van der Waals surface area (Å²) in [5, 5.41) is 3.41. The summed E-state index contributed by atoms with van der Waals surface area (Å²) in [4.78, 5) is 12.3. The predicted molar refractivity (Wildman–Crippen MR) is 79.6 cm³/mol. The molecule has 3 heterocycles. The first kappa shape index (κ1) is 11.6. The lowest BCUT2D eigenvalue weighted by molar-refractivity contribution is 0.764. The van der Waals surface area contributed by atoms with E-state index in [9.17, 15) is 0 Å². The van der Waals surface area contributed by atoms with Crippen LogP contribution in [0.25, 0.3) is 22.6 Å². The summed E-state index contributed by atoms with van der Waals surface area (Å²) in [6.07, 6.45) is 3.00. The minimum absolute atomic E-state index is 0.626. The molecule has 4 rings (SSSR count). The van der Waals surface area contributed by atoms with Crippen molar-refractivity contribution in [1.29, 1.82) is 0 Å². The second kappa shape index (κ2) is 4.72. The van der Waals surface area contributed by atoms with Gasteiger partial charge in [0.1, 0.15) is 5.69 Å². The molecule has 1 unspecified atom stereocenters. The molecule has 0 aliphatic carbocycles. The topological polar surface area (TPSA) is 53.6 Å². The van der Waals surface area contributed by atoms with Gasteiger partial charge in [0.2, 0.25) is 0 Å². The summed E-state index contributed by atoms with van der Waals surface area (Å²) >= 11 is 0. The highest BCUT2D eigenvalue weighted by Gasteiger charge is 2.17. The molecule has 0 saturated carbocycles. The third-order valence-corrected chi connectivity index (χ3v) is 3.95. The van der Waals surface area contributed by atoms with Crippen LogP contribution in [0.2, 0.25) is 0 Å². The van der Waals surface area contributed by atoms with Crippen molar-refractivity contribution in [3.63, 3.8) is 0 Å². The van der Waals surface area contributed by atoms with Crippen molar-refractivity contribution >= 4 is 11.0 Å². The van der Waals surface area contributed by atoms with E-state index in [-0.39, 0.29) is 0 Å². The van der Waals surface area contributed by atoms with Crippen LogP contribution in [0.3, 0.4) is 0 Å². The Morgan fingerprint density at radius 3 is 2.95 bits per heavy atom. The van der Waals surface area contributed by atoms with Gasteiger partial charge in [-0.2, -0.15) is 0 Å². The molecule has 1 aliphatic heterocycles. The highest BCUT2D eigenvalue weighted by Crippen LogP contribution is 2.26. The molecule has 1 aliphatic rings. The maximum atomic E-state index is 4.62. The lowest BCUT2D eigenvalue weighted by Crippen LogP contribution is -2.07. The van der Waals surface area contributed by atoms with E-state index < -0.39 is 0 Å². The smallest absolute Gasteiger partial charge is 0.157 e. The molecule has 1 saturated heterocycles. The average Bonchev–Trinajstić information content (AvgIpc) is 3.16. The molecule has 2 aromatic heterocycles. The molecule has 3 aromatic rings. The average molecular weight is 264 g/mol. The van der Waals surface area contributed by atoms with Crippen LogP contribution in [-0.4, -0.2) is 28.0 Å². The summed E-state index contributed by atoms with van der Waals surface area (Å²) in [7, 11) is 0. The second-order valence-corrected chi connectivity index (χ2v) is 5.27. The maximum Gasteiger partial charge on any atom is 0.157 e. The first-order chi connectivity index (χ1) is 9.90. The van der Waals surface area contributed by atoms with Gasteiger partial charge in [-0.1, -0.05) is 12.1 Å². The molecule has 100 valence electrons. The van der Waals surface area contributed by atoms with Crippen LogP contribution in [0.1, 0.15) is 17.9 Å². The van der Waals surface area contributed by atoms with E-state index in [1.54, 1.807) is 6.20 Å². The molecular weight excluding hydrogens is 248 g/mol. The number of nitrogens with one attached hydrogen (secondary N) is 2. The Morgan fingerprint density at radius 2 is 2.15 bits per heavy atom. The standard InChI is InChI=1S/C16H16N4/c1-2-7-18-14(3-1)16-19-13-5-4-11(9-15(13)20-16)12-6-8-17-10-12/h1-5,7,9,12,17H,6,8,10H2,(H,19,20). The van der Waals surface area contributed by atoms with Gasteiger partial charge in [-0.15, -0.1) is 0 Å². The molecule has 1 fully saturated rings. The molecule has 1 aromatic carbocycles. The number of imidazole rings is 1. The zero-order chi connectivity index (χ0) is 13.4. The van der Waals surface area contributed by atoms with E-state index in [0.717, 1.165) is 35.6 Å². The minimum atomic E-state index is 0.626. The molecule has 2 N–H and O–H groups in total. The third-order valence-electron chi connectivity index (χ3n) is 3.95. The Hall–Kier alpha value is -2.20.